The van der Waals surface area contributed by atoms with Crippen molar-refractivity contribution in [1.82, 2.24) is 0 Å². The molecule has 0 bridgehead atoms. The first-order valence-corrected chi connectivity index (χ1v) is 23.9. The summed E-state index contributed by atoms with van der Waals surface area (Å²) in [7, 11) is -0.447. The van der Waals surface area contributed by atoms with Crippen molar-refractivity contribution in [1.29, 1.82) is 0 Å². The minimum Gasteiger partial charge on any atom is -0.451 e. The lowest BCUT2D eigenvalue weighted by atomic mass is 9.68. The topological polar surface area (TPSA) is 18.5 Å². The molecule has 1 spiro atoms. The summed E-state index contributed by atoms with van der Waals surface area (Å²) >= 11 is 0. The minimum atomic E-state index is -0.481. The second kappa shape index (κ2) is 14.5. The van der Waals surface area contributed by atoms with Gasteiger partial charge >= 0.3 is 0 Å². The maximum atomic E-state index is 7.80. The molecule has 0 aromatic heterocycles. The summed E-state index contributed by atoms with van der Waals surface area (Å²) in [6.45, 7) is 0. The van der Waals surface area contributed by atoms with Crippen molar-refractivity contribution in [2.45, 2.75) is 189 Å². The van der Waals surface area contributed by atoms with Gasteiger partial charge in [-0.2, -0.15) is 0 Å². The van der Waals surface area contributed by atoms with E-state index in [9.17, 15) is 0 Å². The van der Waals surface area contributed by atoms with Crippen LogP contribution in [0.2, 0.25) is 0 Å². The molecule has 3 atom stereocenters. The summed E-state index contributed by atoms with van der Waals surface area (Å²) < 4.78 is 15.6. The fourth-order valence-electron chi connectivity index (χ4n) is 12.0. The van der Waals surface area contributed by atoms with Crippen LogP contribution >= 0.6 is 15.8 Å². The highest BCUT2D eigenvalue weighted by atomic mass is 31.1. The van der Waals surface area contributed by atoms with Crippen molar-refractivity contribution >= 4 is 26.5 Å². The van der Waals surface area contributed by atoms with Crippen LogP contribution in [0.5, 0.6) is 11.5 Å². The largest absolute Gasteiger partial charge is 0.451 e. The van der Waals surface area contributed by atoms with E-state index >= 15 is 0 Å². The molecular weight excluding hydrogens is 622 g/mol. The molecule has 5 aliphatic carbocycles. The number of rotatable bonds is 6. The monoisotopic (exact) mass is 684 g/mol. The average molecular weight is 685 g/mol. The highest BCUT2D eigenvalue weighted by Gasteiger charge is 2.58. The van der Waals surface area contributed by atoms with Crippen LogP contribution in [-0.4, -0.2) is 28.4 Å². The third kappa shape index (κ3) is 6.12. The molecule has 5 fully saturated rings. The Kier molecular flexibility index (Phi) is 9.90. The molecule has 2 aromatic rings. The van der Waals surface area contributed by atoms with Crippen LogP contribution in [-0.2, 0) is 12.8 Å². The molecule has 5 saturated carbocycles. The first-order valence-electron chi connectivity index (χ1n) is 21.0. The zero-order chi connectivity index (χ0) is 31.9. The Morgan fingerprint density at radius 1 is 0.417 bits per heavy atom. The Balaban J connectivity index is 1.11. The highest BCUT2D eigenvalue weighted by Crippen LogP contribution is 2.61. The van der Waals surface area contributed by atoms with Crippen LogP contribution in [0.15, 0.2) is 36.4 Å². The van der Waals surface area contributed by atoms with Crippen LogP contribution in [0.25, 0.3) is 0 Å². The van der Waals surface area contributed by atoms with Crippen LogP contribution < -0.4 is 20.1 Å². The van der Waals surface area contributed by atoms with Crippen LogP contribution in [0.4, 0.5) is 0 Å². The van der Waals surface area contributed by atoms with Gasteiger partial charge in [-0.3, -0.25) is 0 Å². The minimum absolute atomic E-state index is 0.223. The molecule has 7 aliphatic rings. The first-order chi connectivity index (χ1) is 23.8. The smallest absolute Gasteiger partial charge is 0.257 e. The first kappa shape index (κ1) is 32.8. The molecule has 9 rings (SSSR count). The number of ether oxygens (including phenoxy) is 2. The van der Waals surface area contributed by atoms with Crippen LogP contribution in [0.1, 0.15) is 159 Å². The van der Waals surface area contributed by atoms with Gasteiger partial charge in [-0.05, 0) is 111 Å². The fourth-order valence-corrected chi connectivity index (χ4v) is 19.8. The molecule has 0 radical (unpaired) electrons. The molecule has 2 aliphatic heterocycles. The van der Waals surface area contributed by atoms with Gasteiger partial charge < -0.3 is 9.47 Å². The molecule has 2 unspecified atom stereocenters. The van der Waals surface area contributed by atoms with Gasteiger partial charge in [0.05, 0.1) is 0 Å². The third-order valence-corrected chi connectivity index (χ3v) is 21.3. The van der Waals surface area contributed by atoms with Crippen molar-refractivity contribution in [3.63, 3.8) is 0 Å². The highest BCUT2D eigenvalue weighted by molar-refractivity contribution is 7.67. The lowest BCUT2D eigenvalue weighted by Gasteiger charge is -2.55. The number of hydrogen-bond donors (Lipinski definition) is 0. The SMILES string of the molecule is c1cc2c(c(P(C3CCCCC3)C3CCCCC3)c1)OC13Oc4c(cccc4P(C4CCCCC4)C4CCCCC4)C[C@H]1CCCC3C2. The predicted octanol–water partition coefficient (Wildman–Crippen LogP) is 11.9. The molecule has 0 N–H and O–H groups in total. The zero-order valence-electron chi connectivity index (χ0n) is 29.8. The Bertz CT molecular complexity index is 1260. The second-order valence-corrected chi connectivity index (χ2v) is 22.7. The van der Waals surface area contributed by atoms with E-state index in [1.165, 1.54) is 170 Å². The summed E-state index contributed by atoms with van der Waals surface area (Å²) in [6, 6.07) is 14.8. The van der Waals surface area contributed by atoms with Gasteiger partial charge in [0.25, 0.3) is 5.79 Å². The van der Waals surface area contributed by atoms with E-state index in [-0.39, 0.29) is 15.8 Å². The predicted molar refractivity (Wildman–Crippen MR) is 206 cm³/mol. The van der Waals surface area contributed by atoms with E-state index in [1.807, 2.05) is 0 Å². The van der Waals surface area contributed by atoms with E-state index in [1.54, 1.807) is 10.6 Å². The van der Waals surface area contributed by atoms with Gasteiger partial charge in [-0.15, -0.1) is 0 Å². The normalized spacial score (nSPS) is 30.5. The average Bonchev–Trinajstić information content (AvgIpc) is 3.15. The summed E-state index contributed by atoms with van der Waals surface area (Å²) in [6.07, 6.45) is 35.0. The lowest BCUT2D eigenvalue weighted by molar-refractivity contribution is -0.225. The van der Waals surface area contributed by atoms with Gasteiger partial charge in [-0.25, -0.2) is 0 Å². The Morgan fingerprint density at radius 3 is 1.12 bits per heavy atom. The summed E-state index contributed by atoms with van der Waals surface area (Å²) in [5, 5.41) is 3.29. The number of fused-ring (bicyclic) bond motifs is 2. The standard InChI is InChI=1S/C44H62O2P2/c1-5-20-36(21-6-1)47(37-22-7-2-8-23-37)40-28-13-16-32-30-34-18-15-19-35-31-33-17-14-29-41(43(33)46-44(34,35)45-42(32)40)48(38-24-9-3-10-25-38)39-26-11-4-12-27-39/h13-14,16-17,28-29,34-39H,1-12,15,18-27,30-31H2/t34-,35?,44?/m1/s1. The zero-order valence-corrected chi connectivity index (χ0v) is 31.6. The van der Waals surface area contributed by atoms with Crippen molar-refractivity contribution in [3.05, 3.63) is 47.5 Å². The van der Waals surface area contributed by atoms with Crippen molar-refractivity contribution in [3.8, 4) is 11.5 Å². The maximum Gasteiger partial charge on any atom is 0.257 e. The summed E-state index contributed by atoms with van der Waals surface area (Å²) in [5.41, 5.74) is 6.57. The van der Waals surface area contributed by atoms with E-state index in [4.69, 9.17) is 9.47 Å². The second-order valence-electron chi connectivity index (χ2n) is 17.2. The molecule has 260 valence electrons. The molecule has 0 amide bonds. The molecule has 4 heteroatoms. The molecule has 2 heterocycles. The van der Waals surface area contributed by atoms with Gasteiger partial charge in [0.2, 0.25) is 0 Å². The third-order valence-electron chi connectivity index (χ3n) is 14.3. The van der Waals surface area contributed by atoms with Gasteiger partial charge in [0.1, 0.15) is 11.5 Å². The van der Waals surface area contributed by atoms with Crippen molar-refractivity contribution < 1.29 is 9.47 Å². The van der Waals surface area contributed by atoms with Gasteiger partial charge in [0, 0.05) is 22.4 Å². The van der Waals surface area contributed by atoms with E-state index in [0.29, 0.717) is 11.8 Å². The lowest BCUT2D eigenvalue weighted by Crippen LogP contribution is -2.62. The van der Waals surface area contributed by atoms with E-state index in [2.05, 4.69) is 36.4 Å². The molecule has 2 nitrogen and oxygen atoms in total. The quantitative estimate of drug-likeness (QED) is 0.282. The van der Waals surface area contributed by atoms with Gasteiger partial charge in [0.15, 0.2) is 0 Å². The Labute approximate surface area is 294 Å². The molecule has 2 aromatic carbocycles. The Morgan fingerprint density at radius 2 is 0.771 bits per heavy atom. The summed E-state index contributed by atoms with van der Waals surface area (Å²) in [5.74, 6) is 3.07. The van der Waals surface area contributed by atoms with Crippen molar-refractivity contribution in [2.75, 3.05) is 0 Å². The molecule has 0 saturated heterocycles. The van der Waals surface area contributed by atoms with Crippen LogP contribution in [0.3, 0.4) is 0 Å². The molecular formula is C44H62O2P2. The maximum absolute atomic E-state index is 7.80. The number of para-hydroxylation sites is 2. The summed E-state index contributed by atoms with van der Waals surface area (Å²) in [4.78, 5) is 0. The Hall–Kier alpha value is -1.10. The van der Waals surface area contributed by atoms with Gasteiger partial charge in [-0.1, -0.05) is 136 Å². The number of hydrogen-bond acceptors (Lipinski definition) is 2. The van der Waals surface area contributed by atoms with E-state index in [0.717, 1.165) is 35.5 Å². The van der Waals surface area contributed by atoms with Crippen LogP contribution in [0, 0.1) is 11.8 Å². The number of benzene rings is 2. The fraction of sp³-hybridized carbons (Fsp3) is 0.727. The van der Waals surface area contributed by atoms with E-state index < -0.39 is 5.79 Å². The molecule has 48 heavy (non-hydrogen) atoms. The van der Waals surface area contributed by atoms with Crippen molar-refractivity contribution in [2.24, 2.45) is 11.8 Å².